The Hall–Kier alpha value is -13.2. The van der Waals surface area contributed by atoms with Gasteiger partial charge in [0.05, 0.1) is 74.8 Å². The molecule has 15 aliphatic rings. The van der Waals surface area contributed by atoms with Gasteiger partial charge in [0.25, 0.3) is 23.6 Å². The molecule has 148 heavy (non-hydrogen) atoms. The predicted octanol–water partition coefficient (Wildman–Crippen LogP) is 16.7. The van der Waals surface area contributed by atoms with Gasteiger partial charge in [-0.15, -0.1) is 0 Å². The number of benzene rings is 8. The van der Waals surface area contributed by atoms with Crippen LogP contribution in [0.1, 0.15) is 160 Å². The lowest BCUT2D eigenvalue weighted by Crippen LogP contribution is -2.78. The van der Waals surface area contributed by atoms with Crippen LogP contribution in [0.5, 0.6) is 46.0 Å². The number of halogens is 9. The van der Waals surface area contributed by atoms with Gasteiger partial charge in [0.2, 0.25) is 29.5 Å². The maximum Gasteiger partial charge on any atom is 0.258 e. The summed E-state index contributed by atoms with van der Waals surface area (Å²) in [5.74, 6) is 1.31. The Bertz CT molecular complexity index is 6650. The summed E-state index contributed by atoms with van der Waals surface area (Å²) in [5.41, 5.74) is 4.00. The Morgan fingerprint density at radius 3 is 1.20 bits per heavy atom. The molecule has 0 unspecified atom stereocenters. The second-order valence-electron chi connectivity index (χ2n) is 41.0. The van der Waals surface area contributed by atoms with Crippen molar-refractivity contribution in [1.82, 2.24) is 57.8 Å². The minimum atomic E-state index is -0.609. The Balaban J connectivity index is 0.000000132. The molecular weight excluding hydrogens is 2020 g/mol. The third-order valence-electron chi connectivity index (χ3n) is 29.2. The Morgan fingerprint density at radius 1 is 0.385 bits per heavy atom. The monoisotopic (exact) mass is 2130 g/mol. The number of aryl methyl sites for hydroxylation is 6. The highest BCUT2D eigenvalue weighted by Crippen LogP contribution is 2.76. The fraction of sp³-hybridized carbons (Fsp3) is 0.417. The van der Waals surface area contributed by atoms with Crippen molar-refractivity contribution in [1.29, 1.82) is 0 Å². The number of aromatic nitrogens is 3. The second-order valence-corrected chi connectivity index (χ2v) is 43.0. The quantitative estimate of drug-likeness (QED) is 0.0130. The maximum atomic E-state index is 13.5. The van der Waals surface area contributed by atoms with Crippen LogP contribution in [0.2, 0.25) is 25.1 Å². The van der Waals surface area contributed by atoms with E-state index in [-0.39, 0.29) is 174 Å². The van der Waals surface area contributed by atoms with E-state index in [1.807, 2.05) is 76.2 Å². The standard InChI is InChI=1S/C24H26ClFN2O4.C23H24ClFN2O5.C22H22ClFN2O3.C21H22ClNO4.C18H18ClFN4O4/c1-15-3-4-17(9-16(15)2)31-8-7-27-22(30)23-12-24(13-23,14-23)28-21(29)11-32-18-5-6-19(25)20(26)10-18;1-30-15-4-6-19(31-2)14(7-15)9-26-21(29)22-11-23(12-22,13-22)27-20(28)10-32-16-3-5-17(24)18(25)8-16;1-14-3-2-4-15(7-14)9-25-20(28)21-11-22(12-21,13-21)26-19(27)10-29-16-5-6-17(23)18(24)8-16;1-14-8-17(3-4-18(14)22)26-10-16(24)9-20-11-21(12-20,13-20)19(25)5-2-15-6-7-27-23-15;1-10-22-15(28-24-10)5-21-16(26)17-7-18(8-17,9-17)23-14(25)6-27-11-2-3-12(19)13(20)4-11/h3-6,9-10H,7-8,11-14H2,1-2H3,(H,27,30)(H,28,29);3-8H,9-13H2,1-2H3,(H,26,29)(H,27,28);2-8H,9-13H2,1H3,(H,25,28)(H,26,27);3-4,6-8H,2,5,9-13H2,1H3;2-4H,5-9H2,1H3,(H,21,26)(H,23,25). The van der Waals surface area contributed by atoms with Crippen LogP contribution in [0, 0.1) is 90.4 Å². The van der Waals surface area contributed by atoms with Crippen molar-refractivity contribution in [3.63, 3.8) is 0 Å². The molecule has 10 bridgehead atoms. The third kappa shape index (κ3) is 24.8. The van der Waals surface area contributed by atoms with Gasteiger partial charge in [-0.2, -0.15) is 4.98 Å². The molecule has 31 nitrogen and oxygen atoms in total. The van der Waals surface area contributed by atoms with Crippen molar-refractivity contribution in [2.75, 3.05) is 60.4 Å². The first kappa shape index (κ1) is 108. The minimum absolute atomic E-state index is 0.00152. The average molecular weight is 2140 g/mol. The number of ketones is 2. The molecule has 40 heteroatoms. The number of nitrogens with zero attached hydrogens (tertiary/aromatic N) is 3. The molecule has 782 valence electrons. The van der Waals surface area contributed by atoms with Crippen LogP contribution in [0.15, 0.2) is 173 Å². The maximum absolute atomic E-state index is 13.5. The van der Waals surface area contributed by atoms with Crippen molar-refractivity contribution < 1.29 is 112 Å². The van der Waals surface area contributed by atoms with E-state index in [9.17, 15) is 65.5 Å². The fourth-order valence-electron chi connectivity index (χ4n) is 22.2. The molecule has 2 aromatic heterocycles. The number of ether oxygens (including phenoxy) is 8. The Morgan fingerprint density at radius 2 is 0.791 bits per heavy atom. The molecule has 15 saturated carbocycles. The molecule has 0 atom stereocenters. The van der Waals surface area contributed by atoms with Gasteiger partial charge < -0.3 is 89.5 Å². The predicted molar refractivity (Wildman–Crippen MR) is 536 cm³/mol. The average Bonchev–Trinajstić information content (AvgIpc) is 0.708. The minimum Gasteiger partial charge on any atom is -0.497 e. The van der Waals surface area contributed by atoms with Crippen LogP contribution < -0.4 is 80.4 Å². The number of carbonyl (C=O) groups is 10. The first-order valence-electron chi connectivity index (χ1n) is 48.2. The van der Waals surface area contributed by atoms with Crippen LogP contribution >= 0.6 is 58.0 Å². The smallest absolute Gasteiger partial charge is 0.258 e. The highest BCUT2D eigenvalue weighted by Gasteiger charge is 2.75. The number of amides is 8. The van der Waals surface area contributed by atoms with Gasteiger partial charge in [-0.05, 0) is 256 Å². The number of rotatable bonds is 41. The van der Waals surface area contributed by atoms with Gasteiger partial charge in [-0.25, -0.2) is 17.6 Å². The number of hydrogen-bond donors (Lipinski definition) is 8. The van der Waals surface area contributed by atoms with Crippen molar-refractivity contribution in [3.8, 4) is 46.0 Å². The highest BCUT2D eigenvalue weighted by molar-refractivity contribution is 6.32. The lowest BCUT2D eigenvalue weighted by molar-refractivity contribution is -0.208. The molecule has 8 N–H and O–H groups in total. The van der Waals surface area contributed by atoms with Crippen molar-refractivity contribution >= 4 is 117 Å². The summed E-state index contributed by atoms with van der Waals surface area (Å²) in [6, 6.07) is 42.6. The van der Waals surface area contributed by atoms with E-state index in [0.29, 0.717) is 162 Å². The van der Waals surface area contributed by atoms with Crippen LogP contribution in [0.3, 0.4) is 0 Å². The highest BCUT2D eigenvalue weighted by atomic mass is 35.5. The summed E-state index contributed by atoms with van der Waals surface area (Å²) in [6.07, 6.45) is 12.9. The zero-order valence-electron chi connectivity index (χ0n) is 82.3. The van der Waals surface area contributed by atoms with E-state index in [2.05, 4.69) is 63.9 Å². The van der Waals surface area contributed by atoms with Crippen LogP contribution in [0.4, 0.5) is 17.6 Å². The van der Waals surface area contributed by atoms with E-state index < -0.39 is 39.5 Å². The lowest BCUT2D eigenvalue weighted by Gasteiger charge is -2.70. The summed E-state index contributed by atoms with van der Waals surface area (Å²) < 4.78 is 107. The molecular formula is C108H112Cl5F4N11O20. The van der Waals surface area contributed by atoms with E-state index in [4.69, 9.17) is 105 Å². The molecule has 0 aliphatic heterocycles. The normalized spacial score (nSPS) is 23.9. The number of methoxy groups -OCH3 is 2. The molecule has 15 aliphatic carbocycles. The van der Waals surface area contributed by atoms with E-state index >= 15 is 0 Å². The Kier molecular flexibility index (Phi) is 32.2. The van der Waals surface area contributed by atoms with Gasteiger partial charge in [0.1, 0.15) is 94.5 Å². The van der Waals surface area contributed by atoms with Crippen LogP contribution in [0.25, 0.3) is 0 Å². The van der Waals surface area contributed by atoms with Crippen molar-refractivity contribution in [3.05, 3.63) is 263 Å². The summed E-state index contributed by atoms with van der Waals surface area (Å²) in [5, 5.41) is 31.6. The summed E-state index contributed by atoms with van der Waals surface area (Å²) >= 11 is 28.5. The van der Waals surface area contributed by atoms with E-state index in [1.165, 1.54) is 65.9 Å². The zero-order valence-corrected chi connectivity index (χ0v) is 86.1. The first-order valence-corrected chi connectivity index (χ1v) is 50.1. The number of nitrogens with one attached hydrogen (secondary N) is 8. The first-order chi connectivity index (χ1) is 70.5. The SMILES string of the molecule is COc1ccc(OC)c(CNC(=O)C23CC(NC(=O)COc4ccc(Cl)c(F)c4)(C2)C3)c1.Cc1cc(OCC(=O)CC23CC(C(=O)CCc4ccon4)(C2)C3)ccc1Cl.Cc1ccc(OCCNC(=O)C23CC(NC(=O)COc4ccc(Cl)c(F)c4)(C2)C3)cc1C.Cc1cccc(CNC(=O)C23CC(NC(=O)COc4ccc(Cl)c(F)c4)(C2)C3)c1.Cc1noc(CNC(=O)C23CC(NC(=O)COc4ccc(Cl)c(F)c4)(C2)C3)n1. The molecule has 0 spiro atoms. The van der Waals surface area contributed by atoms with Gasteiger partial charge in [-0.1, -0.05) is 104 Å². The van der Waals surface area contributed by atoms with Crippen LogP contribution in [-0.4, -0.2) is 157 Å². The second kappa shape index (κ2) is 44.3. The van der Waals surface area contributed by atoms with Gasteiger partial charge >= 0.3 is 0 Å². The lowest BCUT2D eigenvalue weighted by atomic mass is 9.33. The number of hydrogen-bond acceptors (Lipinski definition) is 23. The van der Waals surface area contributed by atoms with Gasteiger partial charge in [-0.3, -0.25) is 47.9 Å². The summed E-state index contributed by atoms with van der Waals surface area (Å²) in [6.45, 7) is 10.7. The molecule has 15 fully saturated rings. The van der Waals surface area contributed by atoms with Gasteiger partial charge in [0, 0.05) is 101 Å². The van der Waals surface area contributed by atoms with E-state index in [1.54, 1.807) is 51.5 Å². The molecule has 0 saturated heterocycles. The molecule has 10 aromatic rings. The molecule has 8 amide bonds. The van der Waals surface area contributed by atoms with Crippen molar-refractivity contribution in [2.24, 2.45) is 32.5 Å². The van der Waals surface area contributed by atoms with E-state index in [0.717, 1.165) is 77.2 Å². The third-order valence-corrected chi connectivity index (χ3v) is 30.9. The largest absolute Gasteiger partial charge is 0.497 e. The van der Waals surface area contributed by atoms with Crippen LogP contribution in [-0.2, 0) is 74.0 Å². The molecule has 25 rings (SSSR count). The summed E-state index contributed by atoms with van der Waals surface area (Å²) in [7, 11) is 3.16. The van der Waals surface area contributed by atoms with Crippen molar-refractivity contribution in [2.45, 2.75) is 192 Å². The molecule has 0 radical (unpaired) electrons. The number of Topliss-reactive ketones (excluding diaryl/α,β-unsaturated/α-hetero) is 2. The zero-order chi connectivity index (χ0) is 106. The molecule has 8 aromatic carbocycles. The topological polar surface area (TPSA) is 406 Å². The molecule has 2 heterocycles. The summed E-state index contributed by atoms with van der Waals surface area (Å²) in [4.78, 5) is 128. The number of carbonyl (C=O) groups excluding carboxylic acids is 10. The fourth-order valence-corrected chi connectivity index (χ4v) is 22.8. The van der Waals surface area contributed by atoms with Gasteiger partial charge in [0.15, 0.2) is 38.0 Å². The Labute approximate surface area is 875 Å².